The Balaban J connectivity index is 1.90. The number of thioether (sulfide) groups is 1. The van der Waals surface area contributed by atoms with E-state index in [4.69, 9.17) is 4.74 Å². The quantitative estimate of drug-likeness (QED) is 0.400. The lowest BCUT2D eigenvalue weighted by Crippen LogP contribution is -2.13. The molecule has 138 valence electrons. The first-order valence-electron chi connectivity index (χ1n) is 7.89. The molecule has 2 aromatic rings. The van der Waals surface area contributed by atoms with Crippen molar-refractivity contribution >= 4 is 39.2 Å². The van der Waals surface area contributed by atoms with Crippen LogP contribution >= 0.6 is 11.8 Å². The van der Waals surface area contributed by atoms with Gasteiger partial charge in [0, 0.05) is 10.6 Å². The minimum absolute atomic E-state index is 0.147. The molecule has 0 heterocycles. The van der Waals surface area contributed by atoms with Gasteiger partial charge in [0.15, 0.2) is 5.78 Å². The van der Waals surface area contributed by atoms with Gasteiger partial charge in [-0.3, -0.25) is 14.3 Å². The molecular weight excluding hydrogens is 374 g/mol. The number of anilines is 1. The van der Waals surface area contributed by atoms with Gasteiger partial charge in [0.2, 0.25) is 0 Å². The van der Waals surface area contributed by atoms with Crippen molar-refractivity contribution in [2.75, 3.05) is 17.1 Å². The first-order valence-corrected chi connectivity index (χ1v) is 10.4. The zero-order valence-corrected chi connectivity index (χ0v) is 15.8. The summed E-state index contributed by atoms with van der Waals surface area (Å²) in [7, 11) is -3.63. The van der Waals surface area contributed by atoms with Crippen LogP contribution in [0.4, 0.5) is 5.69 Å². The lowest BCUT2D eigenvalue weighted by molar-refractivity contribution is -0.145. The molecule has 0 saturated carbocycles. The molecule has 0 aliphatic rings. The van der Waals surface area contributed by atoms with Gasteiger partial charge >= 0.3 is 5.97 Å². The third-order valence-electron chi connectivity index (χ3n) is 3.21. The van der Waals surface area contributed by atoms with Crippen LogP contribution in [0, 0.1) is 0 Å². The summed E-state index contributed by atoms with van der Waals surface area (Å²) in [6.45, 7) is 1.93. The van der Waals surface area contributed by atoms with Crippen LogP contribution < -0.4 is 4.72 Å². The van der Waals surface area contributed by atoms with Crippen molar-refractivity contribution in [2.24, 2.45) is 0 Å². The average molecular weight is 393 g/mol. The molecule has 0 unspecified atom stereocenters. The minimum Gasteiger partial charge on any atom is -0.466 e. The molecule has 0 amide bonds. The summed E-state index contributed by atoms with van der Waals surface area (Å²) in [5, 5.41) is 0. The van der Waals surface area contributed by atoms with Gasteiger partial charge in [0.25, 0.3) is 10.0 Å². The normalized spacial score (nSPS) is 11.0. The van der Waals surface area contributed by atoms with E-state index in [-0.39, 0.29) is 29.5 Å². The molecule has 26 heavy (non-hydrogen) atoms. The Morgan fingerprint density at radius 2 is 1.69 bits per heavy atom. The summed E-state index contributed by atoms with van der Waals surface area (Å²) in [6.07, 6.45) is -0.240. The van der Waals surface area contributed by atoms with Gasteiger partial charge in [-0.05, 0) is 43.3 Å². The first kappa shape index (κ1) is 20.0. The Hall–Kier alpha value is -2.32. The number of nitrogens with one attached hydrogen (secondary N) is 1. The zero-order valence-electron chi connectivity index (χ0n) is 14.2. The molecular formula is C18H19NO5S2. The second kappa shape index (κ2) is 9.40. The van der Waals surface area contributed by atoms with Gasteiger partial charge in [-0.1, -0.05) is 18.2 Å². The standard InChI is InChI=1S/C18H19NO5S2/c1-2-24-18(21)12-15(20)13-25-16-10-8-14(9-11-16)19-26(22,23)17-6-4-3-5-7-17/h3-11,19H,2,12-13H2,1H3. The highest BCUT2D eigenvalue weighted by molar-refractivity contribution is 8.00. The van der Waals surface area contributed by atoms with E-state index in [0.29, 0.717) is 5.69 Å². The Morgan fingerprint density at radius 1 is 1.04 bits per heavy atom. The lowest BCUT2D eigenvalue weighted by Gasteiger charge is -2.08. The molecule has 0 spiro atoms. The number of hydrogen-bond donors (Lipinski definition) is 1. The first-order chi connectivity index (χ1) is 12.4. The third-order valence-corrected chi connectivity index (χ3v) is 5.68. The fraction of sp³-hybridized carbons (Fsp3) is 0.222. The largest absolute Gasteiger partial charge is 0.466 e. The van der Waals surface area contributed by atoms with E-state index in [0.717, 1.165) is 4.90 Å². The number of Topliss-reactive ketones (excluding diaryl/α,β-unsaturated/α-hetero) is 1. The van der Waals surface area contributed by atoms with Crippen molar-refractivity contribution in [2.45, 2.75) is 23.1 Å². The van der Waals surface area contributed by atoms with E-state index in [9.17, 15) is 18.0 Å². The average Bonchev–Trinajstić information content (AvgIpc) is 2.62. The third kappa shape index (κ3) is 6.20. The van der Waals surface area contributed by atoms with Crippen LogP contribution in [0.25, 0.3) is 0 Å². The van der Waals surface area contributed by atoms with E-state index < -0.39 is 16.0 Å². The van der Waals surface area contributed by atoms with Crippen LogP contribution in [0.15, 0.2) is 64.4 Å². The predicted octanol–water partition coefficient (Wildman–Crippen LogP) is 3.10. The van der Waals surface area contributed by atoms with Crippen molar-refractivity contribution in [1.82, 2.24) is 0 Å². The number of benzene rings is 2. The van der Waals surface area contributed by atoms with E-state index in [2.05, 4.69) is 4.72 Å². The molecule has 2 rings (SSSR count). The van der Waals surface area contributed by atoms with Crippen LogP contribution in [0.2, 0.25) is 0 Å². The molecule has 8 heteroatoms. The Labute approximate surface area is 157 Å². The smallest absolute Gasteiger partial charge is 0.313 e. The molecule has 0 fully saturated rings. The number of ketones is 1. The minimum atomic E-state index is -3.63. The van der Waals surface area contributed by atoms with Crippen molar-refractivity contribution in [1.29, 1.82) is 0 Å². The summed E-state index contributed by atoms with van der Waals surface area (Å²) in [6, 6.07) is 14.8. The molecule has 0 saturated heterocycles. The fourth-order valence-electron chi connectivity index (χ4n) is 2.02. The van der Waals surface area contributed by atoms with Gasteiger partial charge in [0.05, 0.1) is 17.3 Å². The van der Waals surface area contributed by atoms with Gasteiger partial charge in [0.1, 0.15) is 6.42 Å². The van der Waals surface area contributed by atoms with Crippen molar-refractivity contribution in [3.8, 4) is 0 Å². The number of esters is 1. The fourth-order valence-corrected chi connectivity index (χ4v) is 3.86. The van der Waals surface area contributed by atoms with Crippen molar-refractivity contribution < 1.29 is 22.7 Å². The number of carbonyl (C=O) groups is 2. The maximum absolute atomic E-state index is 12.3. The molecule has 0 aliphatic heterocycles. The van der Waals surface area contributed by atoms with Crippen LogP contribution in [0.3, 0.4) is 0 Å². The number of hydrogen-bond acceptors (Lipinski definition) is 6. The summed E-state index contributed by atoms with van der Waals surface area (Å²) >= 11 is 1.28. The molecule has 0 aliphatic carbocycles. The highest BCUT2D eigenvalue weighted by Crippen LogP contribution is 2.22. The molecule has 0 aromatic heterocycles. The summed E-state index contributed by atoms with van der Waals surface area (Å²) < 4.78 is 31.7. The van der Waals surface area contributed by atoms with Crippen LogP contribution in [-0.2, 0) is 24.3 Å². The van der Waals surface area contributed by atoms with E-state index >= 15 is 0 Å². The number of rotatable bonds is 9. The Kier molecular flexibility index (Phi) is 7.23. The molecule has 0 bridgehead atoms. The molecule has 2 aromatic carbocycles. The van der Waals surface area contributed by atoms with Gasteiger partial charge in [-0.15, -0.1) is 11.8 Å². The van der Waals surface area contributed by atoms with E-state index in [1.807, 2.05) is 0 Å². The molecule has 6 nitrogen and oxygen atoms in total. The van der Waals surface area contributed by atoms with Gasteiger partial charge < -0.3 is 4.74 Å². The maximum Gasteiger partial charge on any atom is 0.313 e. The second-order valence-corrected chi connectivity index (χ2v) is 7.98. The topological polar surface area (TPSA) is 89.5 Å². The Bertz CT molecular complexity index is 849. The van der Waals surface area contributed by atoms with Crippen molar-refractivity contribution in [3.05, 3.63) is 54.6 Å². The SMILES string of the molecule is CCOC(=O)CC(=O)CSc1ccc(NS(=O)(=O)c2ccccc2)cc1. The van der Waals surface area contributed by atoms with Crippen LogP contribution in [-0.4, -0.2) is 32.5 Å². The zero-order chi connectivity index (χ0) is 19.0. The second-order valence-electron chi connectivity index (χ2n) is 5.25. The van der Waals surface area contributed by atoms with Gasteiger partial charge in [-0.25, -0.2) is 8.42 Å². The molecule has 0 atom stereocenters. The van der Waals surface area contributed by atoms with Gasteiger partial charge in [-0.2, -0.15) is 0 Å². The Morgan fingerprint density at radius 3 is 2.31 bits per heavy atom. The van der Waals surface area contributed by atoms with E-state index in [1.165, 1.54) is 23.9 Å². The highest BCUT2D eigenvalue weighted by Gasteiger charge is 2.14. The molecule has 1 N–H and O–H groups in total. The lowest BCUT2D eigenvalue weighted by atomic mass is 10.3. The number of carbonyl (C=O) groups excluding carboxylic acids is 2. The summed E-state index contributed by atoms with van der Waals surface area (Å²) in [4.78, 5) is 23.9. The van der Waals surface area contributed by atoms with Crippen molar-refractivity contribution in [3.63, 3.8) is 0 Å². The summed E-state index contributed by atoms with van der Waals surface area (Å²) in [5.74, 6) is -0.598. The monoisotopic (exact) mass is 393 g/mol. The molecule has 0 radical (unpaired) electrons. The maximum atomic E-state index is 12.3. The number of sulfonamides is 1. The summed E-state index contributed by atoms with van der Waals surface area (Å²) in [5.41, 5.74) is 0.427. The number of ether oxygens (including phenoxy) is 1. The van der Waals surface area contributed by atoms with Crippen LogP contribution in [0.5, 0.6) is 0 Å². The van der Waals surface area contributed by atoms with Crippen LogP contribution in [0.1, 0.15) is 13.3 Å². The predicted molar refractivity (Wildman–Crippen MR) is 101 cm³/mol. The van der Waals surface area contributed by atoms with E-state index in [1.54, 1.807) is 49.4 Å². The highest BCUT2D eigenvalue weighted by atomic mass is 32.2.